The molecule has 0 bridgehead atoms. The van der Waals surface area contributed by atoms with Gasteiger partial charge in [-0.1, -0.05) is 51.5 Å². The van der Waals surface area contributed by atoms with Gasteiger partial charge in [-0.2, -0.15) is 0 Å². The molecule has 0 aromatic heterocycles. The Hall–Kier alpha value is -1.98. The van der Waals surface area contributed by atoms with E-state index in [2.05, 4.69) is 12.2 Å². The fourth-order valence-electron chi connectivity index (χ4n) is 2.25. The van der Waals surface area contributed by atoms with Crippen LogP contribution >= 0.6 is 0 Å². The number of halogens is 2. The Balaban J connectivity index is 2.17. The normalized spacial score (nSPS) is 10.5. The van der Waals surface area contributed by atoms with Gasteiger partial charge in [-0.05, 0) is 18.6 Å². The SMILES string of the molecule is CCCCCCCCCOC(=O)CNC(=O)c1c(F)cccc1F. The van der Waals surface area contributed by atoms with Crippen LogP contribution in [0, 0.1) is 11.6 Å². The first-order valence-electron chi connectivity index (χ1n) is 8.44. The molecule has 0 heterocycles. The molecule has 0 atom stereocenters. The van der Waals surface area contributed by atoms with Crippen LogP contribution in [0.2, 0.25) is 0 Å². The number of amides is 1. The van der Waals surface area contributed by atoms with Crippen molar-refractivity contribution in [3.05, 3.63) is 35.4 Å². The van der Waals surface area contributed by atoms with E-state index < -0.39 is 35.6 Å². The van der Waals surface area contributed by atoms with Gasteiger partial charge in [0.15, 0.2) is 0 Å². The van der Waals surface area contributed by atoms with Gasteiger partial charge in [0, 0.05) is 0 Å². The van der Waals surface area contributed by atoms with Crippen molar-refractivity contribution in [1.82, 2.24) is 5.32 Å². The lowest BCUT2D eigenvalue weighted by Crippen LogP contribution is -2.32. The Bertz CT molecular complexity index is 515. The molecule has 0 aliphatic carbocycles. The number of benzene rings is 1. The molecular weight excluding hydrogens is 316 g/mol. The molecule has 1 aromatic rings. The number of hydrogen-bond acceptors (Lipinski definition) is 3. The quantitative estimate of drug-likeness (QED) is 0.489. The van der Waals surface area contributed by atoms with Crippen LogP contribution in [0.3, 0.4) is 0 Å². The predicted molar refractivity (Wildman–Crippen MR) is 87.6 cm³/mol. The second kappa shape index (κ2) is 11.5. The molecule has 0 saturated carbocycles. The molecule has 0 fully saturated rings. The molecule has 0 aliphatic rings. The minimum Gasteiger partial charge on any atom is -0.464 e. The number of esters is 1. The summed E-state index contributed by atoms with van der Waals surface area (Å²) in [6.07, 6.45) is 7.75. The van der Waals surface area contributed by atoms with Crippen molar-refractivity contribution in [1.29, 1.82) is 0 Å². The second-order valence-corrected chi connectivity index (χ2v) is 5.62. The average Bonchev–Trinajstić information content (AvgIpc) is 2.55. The van der Waals surface area contributed by atoms with Gasteiger partial charge in [0.25, 0.3) is 5.91 Å². The molecule has 1 amide bonds. The van der Waals surface area contributed by atoms with Crippen molar-refractivity contribution in [2.45, 2.75) is 51.9 Å². The van der Waals surface area contributed by atoms with Gasteiger partial charge in [0.05, 0.1) is 6.61 Å². The molecule has 1 rings (SSSR count). The number of nitrogens with one attached hydrogen (secondary N) is 1. The zero-order chi connectivity index (χ0) is 17.8. The van der Waals surface area contributed by atoms with E-state index >= 15 is 0 Å². The molecule has 0 radical (unpaired) electrons. The third-order valence-electron chi connectivity index (χ3n) is 3.59. The topological polar surface area (TPSA) is 55.4 Å². The first kappa shape index (κ1) is 20.1. The Morgan fingerprint density at radius 1 is 1.00 bits per heavy atom. The lowest BCUT2D eigenvalue weighted by atomic mass is 10.1. The monoisotopic (exact) mass is 341 g/mol. The lowest BCUT2D eigenvalue weighted by molar-refractivity contribution is -0.142. The molecule has 0 saturated heterocycles. The van der Waals surface area contributed by atoms with Gasteiger partial charge in [-0.3, -0.25) is 9.59 Å². The van der Waals surface area contributed by atoms with Gasteiger partial charge in [-0.15, -0.1) is 0 Å². The van der Waals surface area contributed by atoms with Crippen LogP contribution in [0.1, 0.15) is 62.2 Å². The maximum absolute atomic E-state index is 13.4. The van der Waals surface area contributed by atoms with Crippen LogP contribution in [0.25, 0.3) is 0 Å². The van der Waals surface area contributed by atoms with E-state index in [1.807, 2.05) is 0 Å². The molecule has 0 spiro atoms. The molecule has 6 heteroatoms. The van der Waals surface area contributed by atoms with Crippen molar-refractivity contribution in [2.24, 2.45) is 0 Å². The first-order valence-corrected chi connectivity index (χ1v) is 8.44. The number of carbonyl (C=O) groups is 2. The predicted octanol–water partition coefficient (Wildman–Crippen LogP) is 3.99. The number of ether oxygens (including phenoxy) is 1. The minimum absolute atomic E-state index is 0.288. The largest absolute Gasteiger partial charge is 0.464 e. The number of unbranched alkanes of at least 4 members (excludes halogenated alkanes) is 6. The van der Waals surface area contributed by atoms with Crippen LogP contribution < -0.4 is 5.32 Å². The Morgan fingerprint density at radius 3 is 2.21 bits per heavy atom. The minimum atomic E-state index is -0.974. The van der Waals surface area contributed by atoms with Crippen molar-refractivity contribution in [2.75, 3.05) is 13.2 Å². The van der Waals surface area contributed by atoms with Crippen LogP contribution in [-0.4, -0.2) is 25.0 Å². The smallest absolute Gasteiger partial charge is 0.325 e. The maximum atomic E-state index is 13.4. The van der Waals surface area contributed by atoms with Gasteiger partial charge >= 0.3 is 5.97 Å². The van der Waals surface area contributed by atoms with E-state index in [0.29, 0.717) is 0 Å². The Morgan fingerprint density at radius 2 is 1.58 bits per heavy atom. The fourth-order valence-corrected chi connectivity index (χ4v) is 2.25. The van der Waals surface area contributed by atoms with E-state index in [1.165, 1.54) is 25.7 Å². The maximum Gasteiger partial charge on any atom is 0.325 e. The van der Waals surface area contributed by atoms with Crippen LogP contribution in [0.15, 0.2) is 18.2 Å². The molecule has 24 heavy (non-hydrogen) atoms. The third kappa shape index (κ3) is 7.53. The average molecular weight is 341 g/mol. The summed E-state index contributed by atoms with van der Waals surface area (Å²) >= 11 is 0. The standard InChI is InChI=1S/C18H25F2NO3/c1-2-3-4-5-6-7-8-12-24-16(22)13-21-18(23)17-14(19)10-9-11-15(17)20/h9-11H,2-8,12-13H2,1H3,(H,21,23). The van der Waals surface area contributed by atoms with Crippen molar-refractivity contribution in [3.8, 4) is 0 Å². The van der Waals surface area contributed by atoms with Crippen LogP contribution in [0.5, 0.6) is 0 Å². The highest BCUT2D eigenvalue weighted by molar-refractivity contribution is 5.96. The van der Waals surface area contributed by atoms with E-state index in [0.717, 1.165) is 37.5 Å². The summed E-state index contributed by atoms with van der Waals surface area (Å²) in [4.78, 5) is 23.2. The highest BCUT2D eigenvalue weighted by atomic mass is 19.1. The van der Waals surface area contributed by atoms with Crippen molar-refractivity contribution in [3.63, 3.8) is 0 Å². The molecular formula is C18H25F2NO3. The summed E-state index contributed by atoms with van der Waals surface area (Å²) in [6.45, 7) is 2.04. The van der Waals surface area contributed by atoms with Crippen LogP contribution in [0.4, 0.5) is 8.78 Å². The summed E-state index contributed by atoms with van der Waals surface area (Å²) in [7, 11) is 0. The van der Waals surface area contributed by atoms with Gasteiger partial charge in [0.2, 0.25) is 0 Å². The van der Waals surface area contributed by atoms with E-state index in [9.17, 15) is 18.4 Å². The molecule has 0 aliphatic heterocycles. The van der Waals surface area contributed by atoms with Crippen molar-refractivity contribution >= 4 is 11.9 Å². The summed E-state index contributed by atoms with van der Waals surface area (Å²) in [5.74, 6) is -3.53. The summed E-state index contributed by atoms with van der Waals surface area (Å²) in [6, 6.07) is 3.13. The van der Waals surface area contributed by atoms with E-state index in [4.69, 9.17) is 4.74 Å². The Kier molecular flexibility index (Phi) is 9.65. The second-order valence-electron chi connectivity index (χ2n) is 5.62. The molecule has 134 valence electrons. The van der Waals surface area contributed by atoms with Gasteiger partial charge in [0.1, 0.15) is 23.7 Å². The third-order valence-corrected chi connectivity index (χ3v) is 3.59. The summed E-state index contributed by atoms with van der Waals surface area (Å²) < 4.78 is 31.8. The van der Waals surface area contributed by atoms with Gasteiger partial charge < -0.3 is 10.1 Å². The summed E-state index contributed by atoms with van der Waals surface area (Å²) in [5.41, 5.74) is -0.697. The first-order chi connectivity index (χ1) is 11.6. The number of carbonyl (C=O) groups excluding carboxylic acids is 2. The molecule has 0 unspecified atom stereocenters. The zero-order valence-corrected chi connectivity index (χ0v) is 14.1. The molecule has 1 N–H and O–H groups in total. The Labute approximate surface area is 141 Å². The van der Waals surface area contributed by atoms with Crippen molar-refractivity contribution < 1.29 is 23.1 Å². The number of rotatable bonds is 11. The highest BCUT2D eigenvalue weighted by Gasteiger charge is 2.17. The highest BCUT2D eigenvalue weighted by Crippen LogP contribution is 2.11. The molecule has 4 nitrogen and oxygen atoms in total. The zero-order valence-electron chi connectivity index (χ0n) is 14.1. The van der Waals surface area contributed by atoms with E-state index in [-0.39, 0.29) is 6.61 Å². The van der Waals surface area contributed by atoms with Crippen LogP contribution in [-0.2, 0) is 9.53 Å². The fraction of sp³-hybridized carbons (Fsp3) is 0.556. The lowest BCUT2D eigenvalue weighted by Gasteiger charge is -2.08. The van der Waals surface area contributed by atoms with Gasteiger partial charge in [-0.25, -0.2) is 8.78 Å². The molecule has 1 aromatic carbocycles. The van der Waals surface area contributed by atoms with E-state index in [1.54, 1.807) is 0 Å². The number of hydrogen-bond donors (Lipinski definition) is 1. The summed E-state index contributed by atoms with van der Waals surface area (Å²) in [5, 5.41) is 2.16.